The second-order valence-electron chi connectivity index (χ2n) is 6.04. The fraction of sp³-hybridized carbons (Fsp3) is 0.375. The summed E-state index contributed by atoms with van der Waals surface area (Å²) in [5.74, 6) is -0.708. The van der Waals surface area contributed by atoms with Crippen molar-refractivity contribution in [3.8, 4) is 0 Å². The molecule has 0 atom stereocenters. The van der Waals surface area contributed by atoms with Gasteiger partial charge in [-0.15, -0.1) is 0 Å². The number of hydrogen-bond donors (Lipinski definition) is 1. The number of nitrogens with zero attached hydrogens (tertiary/aromatic N) is 2. The van der Waals surface area contributed by atoms with Crippen molar-refractivity contribution in [3.63, 3.8) is 0 Å². The molecule has 25 heavy (non-hydrogen) atoms. The lowest BCUT2D eigenvalue weighted by Crippen LogP contribution is -2.31. The van der Waals surface area contributed by atoms with E-state index in [-0.39, 0.29) is 34.0 Å². The smallest absolute Gasteiger partial charge is 0.267 e. The number of halogens is 1. The molecule has 1 N–H and O–H groups in total. The second kappa shape index (κ2) is 6.14. The Morgan fingerprint density at radius 1 is 1.36 bits per heavy atom. The van der Waals surface area contributed by atoms with Crippen molar-refractivity contribution in [2.75, 3.05) is 9.62 Å². The molecule has 1 fully saturated rings. The molecule has 134 valence electrons. The van der Waals surface area contributed by atoms with Crippen molar-refractivity contribution in [2.45, 2.75) is 44.6 Å². The van der Waals surface area contributed by atoms with Crippen LogP contribution in [-0.2, 0) is 14.8 Å². The lowest BCUT2D eigenvalue weighted by atomic mass is 10.2. The molecule has 1 heterocycles. The molecule has 1 saturated carbocycles. The first-order chi connectivity index (χ1) is 11.7. The van der Waals surface area contributed by atoms with Crippen LogP contribution in [-0.4, -0.2) is 25.5 Å². The van der Waals surface area contributed by atoms with Gasteiger partial charge in [0.15, 0.2) is 10.7 Å². The highest BCUT2D eigenvalue weighted by atomic mass is 32.2. The average Bonchev–Trinajstić information content (AvgIpc) is 3.25. The lowest BCUT2D eigenvalue weighted by Gasteiger charge is -2.24. The zero-order valence-corrected chi connectivity index (χ0v) is 14.9. The molecule has 0 unspecified atom stereocenters. The van der Waals surface area contributed by atoms with E-state index in [1.807, 2.05) is 0 Å². The number of carbonyl (C=O) groups excluding carboxylic acids is 1. The number of sulfonamides is 1. The number of rotatable bonds is 5. The number of hydrogen-bond acceptors (Lipinski definition) is 5. The van der Waals surface area contributed by atoms with Gasteiger partial charge in [0.25, 0.3) is 10.0 Å². The SMILES string of the molecule is CC(=O)N(c1ccc(F)cc1NS(=O)(=O)c1c(C)noc1C)C1CC1. The van der Waals surface area contributed by atoms with Crippen LogP contribution in [0.5, 0.6) is 0 Å². The molecular formula is C16H18FN3O4S. The number of nitrogens with one attached hydrogen (secondary N) is 1. The molecule has 7 nitrogen and oxygen atoms in total. The van der Waals surface area contributed by atoms with Crippen LogP contribution in [0.4, 0.5) is 15.8 Å². The predicted octanol–water partition coefficient (Wildman–Crippen LogP) is 2.75. The molecule has 9 heteroatoms. The first kappa shape index (κ1) is 17.4. The number of benzene rings is 1. The summed E-state index contributed by atoms with van der Waals surface area (Å²) in [4.78, 5) is 13.4. The van der Waals surface area contributed by atoms with Gasteiger partial charge in [-0.3, -0.25) is 9.52 Å². The minimum Gasteiger partial charge on any atom is -0.360 e. The van der Waals surface area contributed by atoms with Crippen LogP contribution in [0.15, 0.2) is 27.6 Å². The Hall–Kier alpha value is -2.42. The van der Waals surface area contributed by atoms with Gasteiger partial charge >= 0.3 is 0 Å². The van der Waals surface area contributed by atoms with Gasteiger partial charge in [0.1, 0.15) is 11.5 Å². The van der Waals surface area contributed by atoms with E-state index in [9.17, 15) is 17.6 Å². The van der Waals surface area contributed by atoms with E-state index in [1.54, 1.807) is 0 Å². The van der Waals surface area contributed by atoms with Crippen LogP contribution >= 0.6 is 0 Å². The molecular weight excluding hydrogens is 349 g/mol. The molecule has 0 saturated heterocycles. The molecule has 0 spiro atoms. The number of aryl methyl sites for hydroxylation is 2. The van der Waals surface area contributed by atoms with Gasteiger partial charge in [0.2, 0.25) is 5.91 Å². The summed E-state index contributed by atoms with van der Waals surface area (Å²) in [6.45, 7) is 4.38. The fourth-order valence-electron chi connectivity index (χ4n) is 2.81. The van der Waals surface area contributed by atoms with Crippen LogP contribution in [0.3, 0.4) is 0 Å². The van der Waals surface area contributed by atoms with Crippen LogP contribution in [0, 0.1) is 19.7 Å². The van der Waals surface area contributed by atoms with Gasteiger partial charge in [-0.1, -0.05) is 5.16 Å². The van der Waals surface area contributed by atoms with Crippen molar-refractivity contribution in [1.29, 1.82) is 0 Å². The van der Waals surface area contributed by atoms with Crippen molar-refractivity contribution in [2.24, 2.45) is 0 Å². The Labute approximate surface area is 144 Å². The van der Waals surface area contributed by atoms with E-state index >= 15 is 0 Å². The monoisotopic (exact) mass is 367 g/mol. The normalized spacial score (nSPS) is 14.4. The first-order valence-electron chi connectivity index (χ1n) is 7.75. The molecule has 1 aliphatic rings. The molecule has 0 radical (unpaired) electrons. The Bertz CT molecular complexity index is 915. The number of aromatic nitrogens is 1. The quantitative estimate of drug-likeness (QED) is 0.877. The van der Waals surface area contributed by atoms with Gasteiger partial charge in [0.05, 0.1) is 11.4 Å². The predicted molar refractivity (Wildman–Crippen MR) is 89.4 cm³/mol. The van der Waals surface area contributed by atoms with Crippen molar-refractivity contribution in [3.05, 3.63) is 35.5 Å². The zero-order valence-electron chi connectivity index (χ0n) is 14.0. The summed E-state index contributed by atoms with van der Waals surface area (Å²) >= 11 is 0. The summed E-state index contributed by atoms with van der Waals surface area (Å²) in [6, 6.07) is 3.66. The highest BCUT2D eigenvalue weighted by molar-refractivity contribution is 7.92. The van der Waals surface area contributed by atoms with E-state index in [0.717, 1.165) is 18.9 Å². The Kier molecular flexibility index (Phi) is 4.28. The van der Waals surface area contributed by atoms with Crippen LogP contribution in [0.2, 0.25) is 0 Å². The van der Waals surface area contributed by atoms with E-state index in [1.165, 1.54) is 37.8 Å². The van der Waals surface area contributed by atoms with Gasteiger partial charge in [-0.25, -0.2) is 12.8 Å². The third kappa shape index (κ3) is 3.37. The molecule has 2 aromatic rings. The Morgan fingerprint density at radius 2 is 2.04 bits per heavy atom. The Morgan fingerprint density at radius 3 is 2.56 bits per heavy atom. The fourth-order valence-corrected chi connectivity index (χ4v) is 4.21. The standard InChI is InChI=1S/C16H18FN3O4S/c1-9-16(10(2)24-18-9)25(22,23)19-14-8-12(17)4-7-15(14)20(11(3)21)13-5-6-13/h4,7-8,13,19H,5-6H2,1-3H3. The highest BCUT2D eigenvalue weighted by Gasteiger charge is 2.34. The van der Waals surface area contributed by atoms with Crippen LogP contribution in [0.25, 0.3) is 0 Å². The molecule has 1 amide bonds. The topological polar surface area (TPSA) is 92.5 Å². The minimum atomic E-state index is -4.05. The lowest BCUT2D eigenvalue weighted by molar-refractivity contribution is -0.116. The summed E-state index contributed by atoms with van der Waals surface area (Å²) < 4.78 is 46.4. The maximum absolute atomic E-state index is 13.7. The van der Waals surface area contributed by atoms with Gasteiger partial charge in [-0.05, 0) is 38.8 Å². The van der Waals surface area contributed by atoms with Gasteiger partial charge in [-0.2, -0.15) is 0 Å². The first-order valence-corrected chi connectivity index (χ1v) is 9.24. The van der Waals surface area contributed by atoms with Crippen molar-refractivity contribution >= 4 is 27.3 Å². The van der Waals surface area contributed by atoms with Crippen molar-refractivity contribution in [1.82, 2.24) is 5.16 Å². The van der Waals surface area contributed by atoms with E-state index < -0.39 is 15.8 Å². The van der Waals surface area contributed by atoms with Crippen molar-refractivity contribution < 1.29 is 22.1 Å². The molecule has 0 bridgehead atoms. The van der Waals surface area contributed by atoms with E-state index in [4.69, 9.17) is 4.52 Å². The zero-order chi connectivity index (χ0) is 18.4. The van der Waals surface area contributed by atoms with E-state index in [0.29, 0.717) is 5.69 Å². The van der Waals surface area contributed by atoms with Gasteiger partial charge < -0.3 is 9.42 Å². The Balaban J connectivity index is 2.05. The van der Waals surface area contributed by atoms with Crippen LogP contribution in [0.1, 0.15) is 31.2 Å². The molecule has 1 aromatic carbocycles. The molecule has 1 aromatic heterocycles. The minimum absolute atomic E-state index is 0.00194. The maximum Gasteiger partial charge on any atom is 0.267 e. The van der Waals surface area contributed by atoms with Crippen LogP contribution < -0.4 is 9.62 Å². The summed E-state index contributed by atoms with van der Waals surface area (Å²) in [5, 5.41) is 3.63. The number of carbonyl (C=O) groups is 1. The summed E-state index contributed by atoms with van der Waals surface area (Å²) in [6.07, 6.45) is 1.65. The van der Waals surface area contributed by atoms with Gasteiger partial charge in [0, 0.05) is 19.0 Å². The number of amides is 1. The molecule has 1 aliphatic carbocycles. The average molecular weight is 367 g/mol. The third-order valence-electron chi connectivity index (χ3n) is 3.95. The highest BCUT2D eigenvalue weighted by Crippen LogP contribution is 2.37. The summed E-state index contributed by atoms with van der Waals surface area (Å²) in [7, 11) is -4.05. The number of anilines is 2. The maximum atomic E-state index is 13.7. The second-order valence-corrected chi connectivity index (χ2v) is 7.66. The molecule has 0 aliphatic heterocycles. The largest absolute Gasteiger partial charge is 0.360 e. The molecule has 3 rings (SSSR count). The summed E-state index contributed by atoms with van der Waals surface area (Å²) in [5.41, 5.74) is 0.530. The third-order valence-corrected chi connectivity index (χ3v) is 5.56. The van der Waals surface area contributed by atoms with E-state index in [2.05, 4.69) is 9.88 Å².